The number of carboxylic acids is 1. The SMILES string of the molecule is O=C(O)CCCCCNC(COCC(CO)CO)COCC(CO)CO. The maximum atomic E-state index is 10.5. The summed E-state index contributed by atoms with van der Waals surface area (Å²) in [5, 5.41) is 48.0. The molecule has 9 heteroatoms. The molecule has 0 atom stereocenters. The lowest BCUT2D eigenvalue weighted by atomic mass is 10.2. The summed E-state index contributed by atoms with van der Waals surface area (Å²) < 4.78 is 11.0. The molecule has 0 aliphatic heterocycles. The summed E-state index contributed by atoms with van der Waals surface area (Å²) >= 11 is 0. The number of aliphatic hydroxyl groups is 4. The highest BCUT2D eigenvalue weighted by molar-refractivity contribution is 5.66. The Morgan fingerprint density at radius 1 is 0.769 bits per heavy atom. The topological polar surface area (TPSA) is 149 Å². The highest BCUT2D eigenvalue weighted by Gasteiger charge is 2.13. The van der Waals surface area contributed by atoms with Gasteiger partial charge in [0, 0.05) is 18.3 Å². The van der Waals surface area contributed by atoms with Gasteiger partial charge in [0.1, 0.15) is 0 Å². The third-order valence-corrected chi connectivity index (χ3v) is 3.88. The van der Waals surface area contributed by atoms with Crippen molar-refractivity contribution in [2.24, 2.45) is 11.8 Å². The lowest BCUT2D eigenvalue weighted by Crippen LogP contribution is -2.39. The van der Waals surface area contributed by atoms with E-state index in [2.05, 4.69) is 5.32 Å². The second kappa shape index (κ2) is 17.6. The van der Waals surface area contributed by atoms with E-state index in [9.17, 15) is 4.79 Å². The van der Waals surface area contributed by atoms with E-state index in [1.54, 1.807) is 0 Å². The van der Waals surface area contributed by atoms with Crippen molar-refractivity contribution in [2.45, 2.75) is 31.7 Å². The van der Waals surface area contributed by atoms with Crippen molar-refractivity contribution in [3.63, 3.8) is 0 Å². The van der Waals surface area contributed by atoms with Crippen molar-refractivity contribution in [1.82, 2.24) is 5.32 Å². The molecule has 0 heterocycles. The Morgan fingerprint density at radius 3 is 1.69 bits per heavy atom. The molecule has 9 nitrogen and oxygen atoms in total. The molecule has 0 saturated carbocycles. The number of unbranched alkanes of at least 4 members (excludes halogenated alkanes) is 2. The van der Waals surface area contributed by atoms with Crippen molar-refractivity contribution >= 4 is 5.97 Å². The van der Waals surface area contributed by atoms with Crippen LogP contribution in [0.1, 0.15) is 25.7 Å². The predicted octanol–water partition coefficient (Wildman–Crippen LogP) is -1.18. The maximum Gasteiger partial charge on any atom is 0.303 e. The zero-order valence-electron chi connectivity index (χ0n) is 15.4. The Labute approximate surface area is 154 Å². The predicted molar refractivity (Wildman–Crippen MR) is 94.9 cm³/mol. The molecule has 0 saturated heterocycles. The highest BCUT2D eigenvalue weighted by Crippen LogP contribution is 2.02. The van der Waals surface area contributed by atoms with Gasteiger partial charge in [-0.15, -0.1) is 0 Å². The molecule has 156 valence electrons. The van der Waals surface area contributed by atoms with Gasteiger partial charge in [-0.25, -0.2) is 0 Å². The first-order valence-electron chi connectivity index (χ1n) is 9.11. The van der Waals surface area contributed by atoms with Crippen molar-refractivity contribution in [1.29, 1.82) is 0 Å². The van der Waals surface area contributed by atoms with Gasteiger partial charge in [0.25, 0.3) is 0 Å². The summed E-state index contributed by atoms with van der Waals surface area (Å²) in [6.07, 6.45) is 2.44. The molecule has 0 rings (SSSR count). The van der Waals surface area contributed by atoms with Gasteiger partial charge in [0.05, 0.1) is 58.9 Å². The van der Waals surface area contributed by atoms with Gasteiger partial charge in [0.15, 0.2) is 0 Å². The Hall–Kier alpha value is -0.810. The smallest absolute Gasteiger partial charge is 0.303 e. The number of rotatable bonds is 19. The average Bonchev–Trinajstić information content (AvgIpc) is 2.64. The average molecular weight is 381 g/mol. The fraction of sp³-hybridized carbons (Fsp3) is 0.941. The van der Waals surface area contributed by atoms with E-state index in [0.717, 1.165) is 12.8 Å². The zero-order valence-corrected chi connectivity index (χ0v) is 15.4. The quantitative estimate of drug-likeness (QED) is 0.152. The van der Waals surface area contributed by atoms with Crippen LogP contribution in [0.5, 0.6) is 0 Å². The van der Waals surface area contributed by atoms with Gasteiger partial charge in [0.2, 0.25) is 0 Å². The summed E-state index contributed by atoms with van der Waals surface area (Å²) in [7, 11) is 0. The van der Waals surface area contributed by atoms with Gasteiger partial charge in [-0.3, -0.25) is 4.79 Å². The minimum absolute atomic E-state index is 0.120. The Bertz CT molecular complexity index is 306. The standard InChI is InChI=1S/C17H35NO8/c19-6-14(7-20)10-25-12-16(13-26-11-15(8-21)9-22)18-5-3-1-2-4-17(23)24/h14-16,18-22H,1-13H2,(H,23,24). The summed E-state index contributed by atoms with van der Waals surface area (Å²) in [4.78, 5) is 10.5. The molecule has 0 aliphatic rings. The molecule has 0 bridgehead atoms. The molecule has 0 aromatic rings. The van der Waals surface area contributed by atoms with Crippen LogP contribution in [0.15, 0.2) is 0 Å². The first kappa shape index (κ1) is 25.2. The second-order valence-corrected chi connectivity index (χ2v) is 6.39. The molecule has 0 aromatic heterocycles. The van der Waals surface area contributed by atoms with E-state index in [1.165, 1.54) is 0 Å². The van der Waals surface area contributed by atoms with Crippen molar-refractivity contribution in [2.75, 3.05) is 59.4 Å². The molecule has 26 heavy (non-hydrogen) atoms. The minimum Gasteiger partial charge on any atom is -0.481 e. The number of hydrogen-bond donors (Lipinski definition) is 6. The van der Waals surface area contributed by atoms with Gasteiger partial charge in [-0.05, 0) is 19.4 Å². The first-order valence-corrected chi connectivity index (χ1v) is 9.11. The molecular weight excluding hydrogens is 346 g/mol. The van der Waals surface area contributed by atoms with E-state index in [1.807, 2.05) is 0 Å². The van der Waals surface area contributed by atoms with Crippen molar-refractivity contribution < 1.29 is 39.8 Å². The van der Waals surface area contributed by atoms with E-state index in [0.29, 0.717) is 26.2 Å². The van der Waals surface area contributed by atoms with Gasteiger partial charge in [-0.2, -0.15) is 0 Å². The summed E-state index contributed by atoms with van der Waals surface area (Å²) in [6.45, 7) is 1.21. The van der Waals surface area contributed by atoms with Crippen LogP contribution in [-0.4, -0.2) is 96.9 Å². The number of aliphatic hydroxyl groups excluding tert-OH is 4. The summed E-state index contributed by atoms with van der Waals surface area (Å²) in [5.41, 5.74) is 0. The third kappa shape index (κ3) is 14.4. The lowest BCUT2D eigenvalue weighted by molar-refractivity contribution is -0.137. The molecule has 6 N–H and O–H groups in total. The van der Waals surface area contributed by atoms with Crippen LogP contribution in [0.25, 0.3) is 0 Å². The lowest BCUT2D eigenvalue weighted by Gasteiger charge is -2.21. The van der Waals surface area contributed by atoms with Crippen LogP contribution >= 0.6 is 0 Å². The van der Waals surface area contributed by atoms with Gasteiger partial charge >= 0.3 is 5.97 Å². The Morgan fingerprint density at radius 2 is 1.27 bits per heavy atom. The molecule has 0 unspecified atom stereocenters. The summed E-state index contributed by atoms with van der Waals surface area (Å²) in [6, 6.07) is -0.120. The molecule has 0 radical (unpaired) electrons. The van der Waals surface area contributed by atoms with Crippen LogP contribution in [-0.2, 0) is 14.3 Å². The number of ether oxygens (including phenoxy) is 2. The highest BCUT2D eigenvalue weighted by atomic mass is 16.5. The van der Waals surface area contributed by atoms with Crippen LogP contribution in [0.4, 0.5) is 0 Å². The minimum atomic E-state index is -0.790. The first-order chi connectivity index (χ1) is 12.6. The largest absolute Gasteiger partial charge is 0.481 e. The van der Waals surface area contributed by atoms with Crippen molar-refractivity contribution in [3.8, 4) is 0 Å². The number of carbonyl (C=O) groups is 1. The molecular formula is C17H35NO8. The number of hydrogen-bond acceptors (Lipinski definition) is 8. The normalized spacial score (nSPS) is 11.8. The third-order valence-electron chi connectivity index (χ3n) is 3.88. The van der Waals surface area contributed by atoms with Crippen LogP contribution in [0.3, 0.4) is 0 Å². The van der Waals surface area contributed by atoms with Crippen LogP contribution in [0.2, 0.25) is 0 Å². The molecule has 0 spiro atoms. The van der Waals surface area contributed by atoms with E-state index < -0.39 is 5.97 Å². The zero-order chi connectivity index (χ0) is 19.6. The van der Waals surface area contributed by atoms with Crippen LogP contribution in [0, 0.1) is 11.8 Å². The fourth-order valence-electron chi connectivity index (χ4n) is 2.13. The second-order valence-electron chi connectivity index (χ2n) is 6.39. The maximum absolute atomic E-state index is 10.5. The van der Waals surface area contributed by atoms with Crippen LogP contribution < -0.4 is 5.32 Å². The fourth-order valence-corrected chi connectivity index (χ4v) is 2.13. The monoisotopic (exact) mass is 381 g/mol. The summed E-state index contributed by atoms with van der Waals surface area (Å²) in [5.74, 6) is -1.43. The van der Waals surface area contributed by atoms with Crippen molar-refractivity contribution in [3.05, 3.63) is 0 Å². The van der Waals surface area contributed by atoms with E-state index >= 15 is 0 Å². The Balaban J connectivity index is 4.11. The van der Waals surface area contributed by atoms with E-state index in [4.69, 9.17) is 35.0 Å². The molecule has 0 aromatic carbocycles. The van der Waals surface area contributed by atoms with Gasteiger partial charge < -0.3 is 40.3 Å². The molecule has 0 fully saturated rings. The number of aliphatic carboxylic acids is 1. The Kier molecular flexibility index (Phi) is 17.0. The number of carboxylic acid groups (broad SMARTS) is 1. The molecule has 0 amide bonds. The van der Waals surface area contributed by atoms with E-state index in [-0.39, 0.29) is 63.9 Å². The molecule has 0 aliphatic carbocycles. The number of nitrogens with one attached hydrogen (secondary N) is 1. The van der Waals surface area contributed by atoms with Gasteiger partial charge in [-0.1, -0.05) is 6.42 Å².